The quantitative estimate of drug-likeness (QED) is 0.456. The normalized spacial score (nSPS) is 18.6. The molecule has 0 saturated carbocycles. The van der Waals surface area contributed by atoms with Crippen LogP contribution < -0.4 is 0 Å². The maximum Gasteiger partial charge on any atom is 0.0161 e. The van der Waals surface area contributed by atoms with E-state index >= 15 is 0 Å². The van der Waals surface area contributed by atoms with Crippen LogP contribution in [-0.4, -0.2) is 0 Å². The minimum atomic E-state index is 0.373. The first-order valence-electron chi connectivity index (χ1n) is 5.06. The summed E-state index contributed by atoms with van der Waals surface area (Å²) < 4.78 is 0. The molecule has 1 rings (SSSR count). The Hall–Kier alpha value is -1.30. The number of allylic oxidation sites excluding steroid dienone is 8. The zero-order valence-corrected chi connectivity index (χ0v) is 8.87. The molecule has 1 unspecified atom stereocenters. The molecule has 0 aromatic carbocycles. The molecule has 0 heterocycles. The minimum absolute atomic E-state index is 0.373. The van der Waals surface area contributed by atoms with Crippen molar-refractivity contribution in [2.24, 2.45) is 5.92 Å². The van der Waals surface area contributed by atoms with E-state index < -0.39 is 0 Å². The van der Waals surface area contributed by atoms with Gasteiger partial charge in [0.15, 0.2) is 0 Å². The van der Waals surface area contributed by atoms with Crippen molar-refractivity contribution in [1.29, 1.82) is 0 Å². The maximum atomic E-state index is 3.86. The fourth-order valence-electron chi connectivity index (χ4n) is 1.59. The van der Waals surface area contributed by atoms with Gasteiger partial charge in [0, 0.05) is 5.92 Å². The van der Waals surface area contributed by atoms with Gasteiger partial charge in [0.05, 0.1) is 0 Å². The van der Waals surface area contributed by atoms with Gasteiger partial charge >= 0.3 is 0 Å². The fourth-order valence-corrected chi connectivity index (χ4v) is 1.59. The fraction of sp³-hybridized carbons (Fsp3) is 0.286. The summed E-state index contributed by atoms with van der Waals surface area (Å²) in [5.41, 5.74) is 2.91. The molecule has 74 valence electrons. The third-order valence-corrected chi connectivity index (χ3v) is 2.53. The van der Waals surface area contributed by atoms with Crippen LogP contribution >= 0.6 is 0 Å². The highest BCUT2D eigenvalue weighted by atomic mass is 14.1. The van der Waals surface area contributed by atoms with Crippen molar-refractivity contribution in [2.75, 3.05) is 0 Å². The lowest BCUT2D eigenvalue weighted by molar-refractivity contribution is 0.809. The van der Waals surface area contributed by atoms with Crippen LogP contribution in [0.5, 0.6) is 0 Å². The van der Waals surface area contributed by atoms with E-state index in [1.54, 1.807) is 6.08 Å². The molecule has 0 N–H and O–H groups in total. The predicted octanol–water partition coefficient (Wildman–Crippen LogP) is 4.20. The maximum absolute atomic E-state index is 3.86. The Bertz CT molecular complexity index is 300. The second-order valence-electron chi connectivity index (χ2n) is 3.64. The van der Waals surface area contributed by atoms with Crippen molar-refractivity contribution in [3.63, 3.8) is 0 Å². The molecular weight excluding hydrogens is 168 g/mol. The number of hydrogen-bond acceptors (Lipinski definition) is 0. The minimum Gasteiger partial charge on any atom is -0.102 e. The Kier molecular flexibility index (Phi) is 4.18. The summed E-state index contributed by atoms with van der Waals surface area (Å²) in [5.74, 6) is 0.373. The molecule has 1 aliphatic carbocycles. The third kappa shape index (κ3) is 2.88. The standard InChI is InChI=1S/C14H18/c1-4-6-7-13(5-2)14-10-8-12(3)9-11-14/h4-8,10,13H,1-2,9,11H2,3H3/b7-6-. The molecule has 0 radical (unpaired) electrons. The number of rotatable bonds is 4. The van der Waals surface area contributed by atoms with Crippen molar-refractivity contribution < 1.29 is 0 Å². The van der Waals surface area contributed by atoms with E-state index in [-0.39, 0.29) is 0 Å². The van der Waals surface area contributed by atoms with E-state index in [4.69, 9.17) is 0 Å². The number of hydrogen-bond donors (Lipinski definition) is 0. The Morgan fingerprint density at radius 1 is 1.29 bits per heavy atom. The zero-order chi connectivity index (χ0) is 10.4. The topological polar surface area (TPSA) is 0 Å². The van der Waals surface area contributed by atoms with Crippen molar-refractivity contribution in [2.45, 2.75) is 19.8 Å². The Morgan fingerprint density at radius 2 is 2.07 bits per heavy atom. The Balaban J connectivity index is 2.75. The predicted molar refractivity (Wildman–Crippen MR) is 64.1 cm³/mol. The van der Waals surface area contributed by atoms with Crippen LogP contribution in [0.3, 0.4) is 0 Å². The van der Waals surface area contributed by atoms with Gasteiger partial charge in [-0.2, -0.15) is 0 Å². The van der Waals surface area contributed by atoms with Gasteiger partial charge < -0.3 is 0 Å². The highest BCUT2D eigenvalue weighted by molar-refractivity contribution is 5.29. The second kappa shape index (κ2) is 5.43. The van der Waals surface area contributed by atoms with Gasteiger partial charge in [-0.25, -0.2) is 0 Å². The summed E-state index contributed by atoms with van der Waals surface area (Å²) in [5, 5.41) is 0. The monoisotopic (exact) mass is 186 g/mol. The van der Waals surface area contributed by atoms with Gasteiger partial charge in [-0.15, -0.1) is 6.58 Å². The van der Waals surface area contributed by atoms with Gasteiger partial charge in [-0.1, -0.05) is 54.2 Å². The van der Waals surface area contributed by atoms with Crippen molar-refractivity contribution >= 4 is 0 Å². The van der Waals surface area contributed by atoms with Crippen LogP contribution in [0.1, 0.15) is 19.8 Å². The van der Waals surface area contributed by atoms with E-state index in [9.17, 15) is 0 Å². The molecule has 0 aliphatic heterocycles. The second-order valence-corrected chi connectivity index (χ2v) is 3.64. The van der Waals surface area contributed by atoms with Crippen LogP contribution in [0.15, 0.2) is 60.8 Å². The molecule has 0 amide bonds. The van der Waals surface area contributed by atoms with Crippen LogP contribution in [0.25, 0.3) is 0 Å². The first-order chi connectivity index (χ1) is 6.77. The summed E-state index contributed by atoms with van der Waals surface area (Å²) >= 11 is 0. The molecular formula is C14H18. The van der Waals surface area contributed by atoms with E-state index in [0.29, 0.717) is 5.92 Å². The molecule has 14 heavy (non-hydrogen) atoms. The van der Waals surface area contributed by atoms with Crippen molar-refractivity contribution in [3.8, 4) is 0 Å². The van der Waals surface area contributed by atoms with Crippen molar-refractivity contribution in [1.82, 2.24) is 0 Å². The van der Waals surface area contributed by atoms with E-state index in [2.05, 4.69) is 38.3 Å². The average molecular weight is 186 g/mol. The van der Waals surface area contributed by atoms with Crippen LogP contribution in [-0.2, 0) is 0 Å². The van der Waals surface area contributed by atoms with E-state index in [0.717, 1.165) is 6.42 Å². The first kappa shape index (κ1) is 10.8. The van der Waals surface area contributed by atoms with Gasteiger partial charge in [-0.05, 0) is 19.8 Å². The lowest BCUT2D eigenvalue weighted by Gasteiger charge is -2.16. The third-order valence-electron chi connectivity index (χ3n) is 2.53. The molecule has 0 aromatic rings. The molecule has 0 saturated heterocycles. The van der Waals surface area contributed by atoms with Crippen LogP contribution in [0.4, 0.5) is 0 Å². The molecule has 0 nitrogen and oxygen atoms in total. The summed E-state index contributed by atoms with van der Waals surface area (Å²) in [6, 6.07) is 0. The van der Waals surface area contributed by atoms with Crippen LogP contribution in [0.2, 0.25) is 0 Å². The molecule has 1 atom stereocenters. The highest BCUT2D eigenvalue weighted by Crippen LogP contribution is 2.25. The first-order valence-corrected chi connectivity index (χ1v) is 5.06. The molecule has 0 aromatic heterocycles. The van der Waals surface area contributed by atoms with Gasteiger partial charge in [0.2, 0.25) is 0 Å². The molecule has 0 fully saturated rings. The molecule has 0 bridgehead atoms. The van der Waals surface area contributed by atoms with Crippen LogP contribution in [0, 0.1) is 5.92 Å². The SMILES string of the molecule is C=C/C=C\C(C=C)C1=CC=C(C)CC1. The lowest BCUT2D eigenvalue weighted by atomic mass is 9.89. The summed E-state index contributed by atoms with van der Waals surface area (Å²) in [7, 11) is 0. The Morgan fingerprint density at radius 3 is 2.57 bits per heavy atom. The highest BCUT2D eigenvalue weighted by Gasteiger charge is 2.09. The van der Waals surface area contributed by atoms with E-state index in [1.165, 1.54) is 17.6 Å². The average Bonchev–Trinajstić information content (AvgIpc) is 2.21. The molecule has 0 heteroatoms. The summed E-state index contributed by atoms with van der Waals surface area (Å²) in [4.78, 5) is 0. The van der Waals surface area contributed by atoms with Gasteiger partial charge in [0.1, 0.15) is 0 Å². The van der Waals surface area contributed by atoms with Crippen molar-refractivity contribution in [3.05, 3.63) is 60.8 Å². The summed E-state index contributed by atoms with van der Waals surface area (Å²) in [6.45, 7) is 9.71. The van der Waals surface area contributed by atoms with Gasteiger partial charge in [-0.3, -0.25) is 0 Å². The largest absolute Gasteiger partial charge is 0.102 e. The van der Waals surface area contributed by atoms with E-state index in [1.807, 2.05) is 12.2 Å². The smallest absolute Gasteiger partial charge is 0.0161 e. The molecule has 1 aliphatic rings. The van der Waals surface area contributed by atoms with Gasteiger partial charge in [0.25, 0.3) is 0 Å². The zero-order valence-electron chi connectivity index (χ0n) is 8.87. The molecule has 0 spiro atoms. The lowest BCUT2D eigenvalue weighted by Crippen LogP contribution is -2.00. The summed E-state index contributed by atoms with van der Waals surface area (Å²) in [6.07, 6.45) is 14.7. The Labute approximate surface area is 87.0 Å².